The number of nitrogens with one attached hydrogen (secondary N) is 1. The maximum atomic E-state index is 5.77. The average Bonchev–Trinajstić information content (AvgIpc) is 3.13. The number of hydrogen-bond donors (Lipinski definition) is 1. The Morgan fingerprint density at radius 3 is 2.79 bits per heavy atom. The highest BCUT2D eigenvalue weighted by Gasteiger charge is 2.40. The van der Waals surface area contributed by atoms with E-state index < -0.39 is 0 Å². The van der Waals surface area contributed by atoms with Gasteiger partial charge in [0.05, 0.1) is 6.10 Å². The molecule has 2 bridgehead atoms. The lowest BCUT2D eigenvalue weighted by Crippen LogP contribution is -2.33. The second-order valence-electron chi connectivity index (χ2n) is 7.14. The molecule has 5 unspecified atom stereocenters. The van der Waals surface area contributed by atoms with Crippen molar-refractivity contribution in [2.45, 2.75) is 76.9 Å². The van der Waals surface area contributed by atoms with E-state index in [2.05, 4.69) is 12.2 Å². The summed E-state index contributed by atoms with van der Waals surface area (Å²) in [6.45, 7) is 4.37. The lowest BCUT2D eigenvalue weighted by atomic mass is 9.83. The number of hydrogen-bond acceptors (Lipinski definition) is 2. The zero-order chi connectivity index (χ0) is 13.1. The van der Waals surface area contributed by atoms with Gasteiger partial charge in [-0.2, -0.15) is 0 Å². The van der Waals surface area contributed by atoms with Crippen molar-refractivity contribution in [2.75, 3.05) is 13.2 Å². The van der Waals surface area contributed by atoms with Gasteiger partial charge in [0, 0.05) is 12.6 Å². The Hall–Kier alpha value is -0.0800. The van der Waals surface area contributed by atoms with Gasteiger partial charge in [-0.3, -0.25) is 0 Å². The quantitative estimate of drug-likeness (QED) is 0.757. The van der Waals surface area contributed by atoms with Gasteiger partial charge in [-0.1, -0.05) is 13.3 Å². The van der Waals surface area contributed by atoms with Crippen molar-refractivity contribution in [1.82, 2.24) is 5.32 Å². The molecule has 0 radical (unpaired) electrons. The molecule has 0 aromatic carbocycles. The maximum Gasteiger partial charge on any atom is 0.0576 e. The highest BCUT2D eigenvalue weighted by atomic mass is 16.5. The largest absolute Gasteiger partial charge is 0.378 e. The Morgan fingerprint density at radius 1 is 1.21 bits per heavy atom. The zero-order valence-corrected chi connectivity index (χ0v) is 12.6. The molecular formula is C17H31NO. The van der Waals surface area contributed by atoms with Gasteiger partial charge in [0.15, 0.2) is 0 Å². The van der Waals surface area contributed by atoms with Crippen LogP contribution >= 0.6 is 0 Å². The van der Waals surface area contributed by atoms with Gasteiger partial charge in [0.1, 0.15) is 0 Å². The lowest BCUT2D eigenvalue weighted by molar-refractivity contribution is 0.0980. The van der Waals surface area contributed by atoms with Crippen LogP contribution in [0.15, 0.2) is 0 Å². The molecular weight excluding hydrogens is 234 g/mol. The highest BCUT2D eigenvalue weighted by Crippen LogP contribution is 2.50. The highest BCUT2D eigenvalue weighted by molar-refractivity contribution is 4.91. The molecule has 0 spiro atoms. The first-order valence-corrected chi connectivity index (χ1v) is 8.70. The number of fused-ring (bicyclic) bond motifs is 2. The average molecular weight is 265 g/mol. The summed E-state index contributed by atoms with van der Waals surface area (Å²) in [5.74, 6) is 3.21. The fourth-order valence-corrected chi connectivity index (χ4v) is 4.88. The SMILES string of the molecule is CCNC(CCC1CCCO1)CC1CC2CCC1C2. The van der Waals surface area contributed by atoms with Gasteiger partial charge in [-0.15, -0.1) is 0 Å². The van der Waals surface area contributed by atoms with Crippen LogP contribution in [0.25, 0.3) is 0 Å². The van der Waals surface area contributed by atoms with Crippen LogP contribution in [0.4, 0.5) is 0 Å². The van der Waals surface area contributed by atoms with Gasteiger partial charge < -0.3 is 10.1 Å². The molecule has 110 valence electrons. The summed E-state index contributed by atoms with van der Waals surface area (Å²) in [5.41, 5.74) is 0. The molecule has 2 saturated carbocycles. The van der Waals surface area contributed by atoms with Crippen molar-refractivity contribution < 1.29 is 4.74 Å². The third-order valence-corrected chi connectivity index (χ3v) is 5.83. The molecule has 2 aliphatic carbocycles. The minimum Gasteiger partial charge on any atom is -0.378 e. The maximum absolute atomic E-state index is 5.77. The van der Waals surface area contributed by atoms with Gasteiger partial charge >= 0.3 is 0 Å². The Labute approximate surface area is 118 Å². The molecule has 2 nitrogen and oxygen atoms in total. The summed E-state index contributed by atoms with van der Waals surface area (Å²) in [6, 6.07) is 0.749. The Bertz CT molecular complexity index is 274. The molecule has 3 fully saturated rings. The molecule has 19 heavy (non-hydrogen) atoms. The van der Waals surface area contributed by atoms with E-state index in [-0.39, 0.29) is 0 Å². The predicted octanol–water partition coefficient (Wildman–Crippen LogP) is 3.75. The van der Waals surface area contributed by atoms with E-state index in [1.165, 1.54) is 51.4 Å². The van der Waals surface area contributed by atoms with Gasteiger partial charge in [-0.05, 0) is 75.7 Å². The van der Waals surface area contributed by atoms with Crippen molar-refractivity contribution in [2.24, 2.45) is 17.8 Å². The summed E-state index contributed by atoms with van der Waals surface area (Å²) in [7, 11) is 0. The molecule has 1 heterocycles. The molecule has 0 amide bonds. The van der Waals surface area contributed by atoms with E-state index in [1.807, 2.05) is 0 Å². The van der Waals surface area contributed by atoms with Crippen molar-refractivity contribution in [1.29, 1.82) is 0 Å². The van der Waals surface area contributed by atoms with Crippen molar-refractivity contribution in [3.8, 4) is 0 Å². The minimum atomic E-state index is 0.571. The molecule has 2 heteroatoms. The normalized spacial score (nSPS) is 39.0. The molecule has 0 aromatic heterocycles. The van der Waals surface area contributed by atoms with Crippen LogP contribution in [-0.4, -0.2) is 25.3 Å². The summed E-state index contributed by atoms with van der Waals surface area (Å²) in [6.07, 6.45) is 13.3. The molecule has 1 N–H and O–H groups in total. The fraction of sp³-hybridized carbons (Fsp3) is 1.00. The van der Waals surface area contributed by atoms with E-state index in [9.17, 15) is 0 Å². The van der Waals surface area contributed by atoms with E-state index >= 15 is 0 Å². The topological polar surface area (TPSA) is 21.3 Å². The Balaban J connectivity index is 1.43. The van der Waals surface area contributed by atoms with E-state index in [4.69, 9.17) is 4.74 Å². The van der Waals surface area contributed by atoms with Gasteiger partial charge in [-0.25, -0.2) is 0 Å². The fourth-order valence-electron chi connectivity index (χ4n) is 4.88. The second kappa shape index (κ2) is 6.58. The first-order chi connectivity index (χ1) is 9.35. The third-order valence-electron chi connectivity index (χ3n) is 5.83. The first kappa shape index (κ1) is 13.9. The van der Waals surface area contributed by atoms with Crippen LogP contribution in [-0.2, 0) is 4.74 Å². The second-order valence-corrected chi connectivity index (χ2v) is 7.14. The molecule has 3 aliphatic rings. The first-order valence-electron chi connectivity index (χ1n) is 8.70. The Morgan fingerprint density at radius 2 is 2.16 bits per heavy atom. The summed E-state index contributed by atoms with van der Waals surface area (Å²) in [4.78, 5) is 0. The third kappa shape index (κ3) is 3.52. The standard InChI is InChI=1S/C17H31NO/c1-2-18-16(7-8-17-4-3-9-19-17)12-15-11-13-5-6-14(15)10-13/h13-18H,2-12H2,1H3. The van der Waals surface area contributed by atoms with Crippen molar-refractivity contribution >= 4 is 0 Å². The molecule has 3 rings (SSSR count). The summed E-state index contributed by atoms with van der Waals surface area (Å²) < 4.78 is 5.77. The minimum absolute atomic E-state index is 0.571. The smallest absolute Gasteiger partial charge is 0.0576 e. The van der Waals surface area contributed by atoms with Crippen LogP contribution < -0.4 is 5.32 Å². The monoisotopic (exact) mass is 265 g/mol. The molecule has 1 aliphatic heterocycles. The molecule has 5 atom stereocenters. The van der Waals surface area contributed by atoms with Crippen LogP contribution in [0.1, 0.15) is 64.7 Å². The number of ether oxygens (including phenoxy) is 1. The molecule has 1 saturated heterocycles. The predicted molar refractivity (Wildman–Crippen MR) is 79.2 cm³/mol. The van der Waals surface area contributed by atoms with Crippen LogP contribution in [0.3, 0.4) is 0 Å². The summed E-state index contributed by atoms with van der Waals surface area (Å²) in [5, 5.41) is 3.74. The van der Waals surface area contributed by atoms with E-state index in [0.29, 0.717) is 6.10 Å². The van der Waals surface area contributed by atoms with Crippen molar-refractivity contribution in [3.63, 3.8) is 0 Å². The summed E-state index contributed by atoms with van der Waals surface area (Å²) >= 11 is 0. The van der Waals surface area contributed by atoms with Gasteiger partial charge in [0.2, 0.25) is 0 Å². The van der Waals surface area contributed by atoms with Crippen molar-refractivity contribution in [3.05, 3.63) is 0 Å². The Kier molecular flexibility index (Phi) is 4.81. The number of rotatable bonds is 7. The van der Waals surface area contributed by atoms with E-state index in [1.54, 1.807) is 6.42 Å². The lowest BCUT2D eigenvalue weighted by Gasteiger charge is -2.28. The zero-order valence-electron chi connectivity index (χ0n) is 12.6. The van der Waals surface area contributed by atoms with Crippen LogP contribution in [0.5, 0.6) is 0 Å². The van der Waals surface area contributed by atoms with E-state index in [0.717, 1.165) is 36.9 Å². The van der Waals surface area contributed by atoms with Gasteiger partial charge in [0.25, 0.3) is 0 Å². The van der Waals surface area contributed by atoms with Crippen LogP contribution in [0, 0.1) is 17.8 Å². The molecule has 0 aromatic rings. The van der Waals surface area contributed by atoms with Crippen LogP contribution in [0.2, 0.25) is 0 Å².